The normalized spacial score (nSPS) is 12.0. The van der Waals surface area contributed by atoms with Crippen LogP contribution in [0.1, 0.15) is 47.6 Å². The monoisotopic (exact) mass is 567 g/mol. The van der Waals surface area contributed by atoms with Crippen molar-refractivity contribution in [2.24, 2.45) is 11.0 Å². The molecule has 1 atom stereocenters. The number of carbonyl (C=O) groups excluding carboxylic acids is 2. The molecule has 0 bridgehead atoms. The second kappa shape index (κ2) is 13.5. The molecule has 5 rings (SSSR count). The first-order valence-corrected chi connectivity index (χ1v) is 14.3. The van der Waals surface area contributed by atoms with Crippen molar-refractivity contribution in [3.8, 4) is 6.07 Å². The fourth-order valence-corrected chi connectivity index (χ4v) is 5.25. The van der Waals surface area contributed by atoms with E-state index >= 15 is 0 Å². The lowest BCUT2D eigenvalue weighted by atomic mass is 9.89. The maximum absolute atomic E-state index is 13.7. The van der Waals surface area contributed by atoms with E-state index in [0.29, 0.717) is 12.1 Å². The first-order valence-electron chi connectivity index (χ1n) is 14.3. The number of nitriles is 1. The number of fused-ring (bicyclic) bond motifs is 1. The van der Waals surface area contributed by atoms with Gasteiger partial charge >= 0.3 is 0 Å². The van der Waals surface area contributed by atoms with Gasteiger partial charge in [-0.25, -0.2) is 5.43 Å². The van der Waals surface area contributed by atoms with Crippen LogP contribution in [-0.4, -0.2) is 28.6 Å². The third kappa shape index (κ3) is 6.71. The van der Waals surface area contributed by atoms with Crippen LogP contribution in [0.15, 0.2) is 120 Å². The molecule has 0 radical (unpaired) electrons. The third-order valence-corrected chi connectivity index (χ3v) is 7.45. The molecule has 0 unspecified atom stereocenters. The number of para-hydroxylation sites is 1. The first kappa shape index (κ1) is 29.0. The summed E-state index contributed by atoms with van der Waals surface area (Å²) < 4.78 is 2.07. The first-order chi connectivity index (χ1) is 21.0. The number of rotatable bonds is 10. The highest BCUT2D eigenvalue weighted by Gasteiger charge is 2.29. The Morgan fingerprint density at radius 3 is 2.09 bits per heavy atom. The van der Waals surface area contributed by atoms with E-state index in [1.165, 1.54) is 0 Å². The van der Waals surface area contributed by atoms with Gasteiger partial charge in [0.15, 0.2) is 0 Å². The number of amides is 2. The fraction of sp³-hybridized carbons (Fsp3) is 0.167. The van der Waals surface area contributed by atoms with Crippen LogP contribution in [0.3, 0.4) is 0 Å². The van der Waals surface area contributed by atoms with Gasteiger partial charge in [0.05, 0.1) is 23.8 Å². The quantitative estimate of drug-likeness (QED) is 0.160. The maximum Gasteiger partial charge on any atom is 0.262 e. The standard InChI is InChI=1S/C36H33N5O2/c1-25(2)34(39-35(42)33(26-13-5-3-6-14-26)27-15-7-4-8-16-27)36(43)40-38-22-30-24-41(32-20-12-11-19-31(30)32)23-29-18-10-9-17-28(29)21-37/h3-20,22,24-25,33-34H,23H2,1-2H3,(H,39,42)(H,40,43)/b38-22-/t34-/m0/s1. The molecule has 0 aliphatic rings. The van der Waals surface area contributed by atoms with Crippen LogP contribution >= 0.6 is 0 Å². The van der Waals surface area contributed by atoms with Crippen LogP contribution in [0, 0.1) is 17.2 Å². The van der Waals surface area contributed by atoms with Crippen molar-refractivity contribution in [3.63, 3.8) is 0 Å². The molecular weight excluding hydrogens is 534 g/mol. The maximum atomic E-state index is 13.7. The Labute approximate surface area is 251 Å². The smallest absolute Gasteiger partial charge is 0.262 e. The minimum atomic E-state index is -0.789. The summed E-state index contributed by atoms with van der Waals surface area (Å²) in [5, 5.41) is 17.7. The van der Waals surface area contributed by atoms with E-state index < -0.39 is 17.9 Å². The zero-order valence-electron chi connectivity index (χ0n) is 24.1. The zero-order chi connectivity index (χ0) is 30.2. The predicted molar refractivity (Wildman–Crippen MR) is 169 cm³/mol. The summed E-state index contributed by atoms with van der Waals surface area (Å²) in [4.78, 5) is 27.0. The minimum Gasteiger partial charge on any atom is -0.343 e. The van der Waals surface area contributed by atoms with Gasteiger partial charge < -0.3 is 9.88 Å². The average molecular weight is 568 g/mol. The molecule has 2 amide bonds. The highest BCUT2D eigenvalue weighted by Crippen LogP contribution is 2.26. The van der Waals surface area contributed by atoms with Crippen molar-refractivity contribution < 1.29 is 9.59 Å². The van der Waals surface area contributed by atoms with E-state index in [-0.39, 0.29) is 11.8 Å². The lowest BCUT2D eigenvalue weighted by molar-refractivity contribution is -0.130. The van der Waals surface area contributed by atoms with Crippen molar-refractivity contribution in [2.45, 2.75) is 32.4 Å². The number of benzene rings is 4. The molecule has 0 fully saturated rings. The van der Waals surface area contributed by atoms with Crippen molar-refractivity contribution in [1.29, 1.82) is 5.26 Å². The van der Waals surface area contributed by atoms with Crippen LogP contribution < -0.4 is 10.7 Å². The Hall–Kier alpha value is -5.48. The lowest BCUT2D eigenvalue weighted by Gasteiger charge is -2.24. The van der Waals surface area contributed by atoms with E-state index in [1.54, 1.807) is 6.21 Å². The topological polar surface area (TPSA) is 99.3 Å². The average Bonchev–Trinajstić information content (AvgIpc) is 3.38. The summed E-state index contributed by atoms with van der Waals surface area (Å²) in [5.74, 6) is -1.38. The summed E-state index contributed by atoms with van der Waals surface area (Å²) in [7, 11) is 0. The van der Waals surface area contributed by atoms with E-state index in [4.69, 9.17) is 0 Å². The lowest BCUT2D eigenvalue weighted by Crippen LogP contribution is -2.50. The van der Waals surface area contributed by atoms with E-state index in [0.717, 1.165) is 33.2 Å². The molecule has 7 nitrogen and oxygen atoms in total. The molecule has 5 aromatic rings. The number of nitrogens with zero attached hydrogens (tertiary/aromatic N) is 3. The molecule has 0 saturated heterocycles. The van der Waals surface area contributed by atoms with Crippen LogP contribution in [0.2, 0.25) is 0 Å². The summed E-state index contributed by atoms with van der Waals surface area (Å²) >= 11 is 0. The summed E-state index contributed by atoms with van der Waals surface area (Å²) in [6, 6.07) is 36.0. The van der Waals surface area contributed by atoms with Crippen LogP contribution in [0.25, 0.3) is 10.9 Å². The molecule has 2 N–H and O–H groups in total. The van der Waals surface area contributed by atoms with Gasteiger partial charge in [0.1, 0.15) is 6.04 Å². The van der Waals surface area contributed by atoms with E-state index in [2.05, 4.69) is 26.5 Å². The fourth-order valence-electron chi connectivity index (χ4n) is 5.25. The van der Waals surface area contributed by atoms with Crippen LogP contribution in [0.5, 0.6) is 0 Å². The van der Waals surface area contributed by atoms with Crippen LogP contribution in [0.4, 0.5) is 0 Å². The minimum absolute atomic E-state index is 0.173. The second-order valence-electron chi connectivity index (χ2n) is 10.7. The molecule has 1 heterocycles. The predicted octanol–water partition coefficient (Wildman–Crippen LogP) is 5.98. The molecule has 0 aliphatic heterocycles. The molecule has 4 aromatic carbocycles. The number of carbonyl (C=O) groups is 2. The van der Waals surface area contributed by atoms with E-state index in [9.17, 15) is 14.9 Å². The highest BCUT2D eigenvalue weighted by molar-refractivity contribution is 6.00. The molecule has 0 saturated carbocycles. The number of hydrazone groups is 1. The van der Waals surface area contributed by atoms with Gasteiger partial charge in [-0.15, -0.1) is 0 Å². The number of hydrogen-bond acceptors (Lipinski definition) is 4. The van der Waals surface area contributed by atoms with Gasteiger partial charge in [-0.1, -0.05) is 111 Å². The van der Waals surface area contributed by atoms with Gasteiger partial charge in [-0.3, -0.25) is 9.59 Å². The molecular formula is C36H33N5O2. The van der Waals surface area contributed by atoms with Crippen molar-refractivity contribution in [3.05, 3.63) is 143 Å². The van der Waals surface area contributed by atoms with Crippen LogP contribution in [-0.2, 0) is 16.1 Å². The number of hydrogen-bond donors (Lipinski definition) is 2. The Balaban J connectivity index is 1.33. The van der Waals surface area contributed by atoms with Gasteiger partial charge in [0.2, 0.25) is 5.91 Å². The van der Waals surface area contributed by atoms with Crippen molar-refractivity contribution in [1.82, 2.24) is 15.3 Å². The van der Waals surface area contributed by atoms with Crippen molar-refractivity contribution in [2.75, 3.05) is 0 Å². The Morgan fingerprint density at radius 2 is 1.44 bits per heavy atom. The van der Waals surface area contributed by atoms with Gasteiger partial charge in [0, 0.05) is 29.2 Å². The largest absolute Gasteiger partial charge is 0.343 e. The molecule has 0 aliphatic carbocycles. The molecule has 1 aromatic heterocycles. The zero-order valence-corrected chi connectivity index (χ0v) is 24.1. The molecule has 0 spiro atoms. The third-order valence-electron chi connectivity index (χ3n) is 7.45. The van der Waals surface area contributed by atoms with Gasteiger partial charge in [-0.05, 0) is 34.7 Å². The van der Waals surface area contributed by atoms with E-state index in [1.807, 2.05) is 129 Å². The summed E-state index contributed by atoms with van der Waals surface area (Å²) in [5.41, 5.74) is 7.70. The number of aromatic nitrogens is 1. The molecule has 7 heteroatoms. The SMILES string of the molecule is CC(C)[C@H](NC(=O)C(c1ccccc1)c1ccccc1)C(=O)N/N=C\c1cn(Cc2ccccc2C#N)c2ccccc12. The highest BCUT2D eigenvalue weighted by atomic mass is 16.2. The summed E-state index contributed by atoms with van der Waals surface area (Å²) in [6.07, 6.45) is 3.57. The Kier molecular flexibility index (Phi) is 9.08. The Morgan fingerprint density at radius 1 is 0.837 bits per heavy atom. The second-order valence-corrected chi connectivity index (χ2v) is 10.7. The summed E-state index contributed by atoms with van der Waals surface area (Å²) in [6.45, 7) is 4.30. The molecule has 43 heavy (non-hydrogen) atoms. The Bertz CT molecular complexity index is 1750. The van der Waals surface area contributed by atoms with Crippen molar-refractivity contribution >= 4 is 28.9 Å². The number of nitrogens with one attached hydrogen (secondary N) is 2. The van der Waals surface area contributed by atoms with Gasteiger partial charge in [0.25, 0.3) is 5.91 Å². The molecule has 214 valence electrons. The van der Waals surface area contributed by atoms with Gasteiger partial charge in [-0.2, -0.15) is 10.4 Å².